The van der Waals surface area contributed by atoms with Crippen LogP contribution in [0.4, 0.5) is 4.79 Å². The average Bonchev–Trinajstić information content (AvgIpc) is 2.43. The number of carbonyl (C=O) groups excluding carboxylic acids is 1. The van der Waals surface area contributed by atoms with Crippen molar-refractivity contribution in [3.63, 3.8) is 0 Å². The molecule has 76 valence electrons. The lowest BCUT2D eigenvalue weighted by Crippen LogP contribution is -2.29. The minimum Gasteiger partial charge on any atom is -0.477 e. The van der Waals surface area contributed by atoms with Crippen LogP contribution in [0.15, 0.2) is 12.1 Å². The maximum Gasteiger partial charge on any atom is 0.352 e. The van der Waals surface area contributed by atoms with Gasteiger partial charge in [0, 0.05) is 12.7 Å². The number of nitrogens with two attached hydrogens (primary N) is 1. The van der Waals surface area contributed by atoms with E-state index in [9.17, 15) is 9.59 Å². The number of carboxylic acids is 1. The Bertz CT molecular complexity index is 370. The van der Waals surface area contributed by atoms with Crippen LogP contribution in [0.1, 0.15) is 16.2 Å². The summed E-state index contributed by atoms with van der Waals surface area (Å²) < 4.78 is 1.48. The average molecular weight is 197 g/mol. The summed E-state index contributed by atoms with van der Waals surface area (Å²) in [4.78, 5) is 21.1. The van der Waals surface area contributed by atoms with Crippen LogP contribution in [-0.4, -0.2) is 21.7 Å². The van der Waals surface area contributed by atoms with Crippen molar-refractivity contribution in [2.45, 2.75) is 6.54 Å². The van der Waals surface area contributed by atoms with Crippen molar-refractivity contribution in [1.29, 1.82) is 0 Å². The lowest BCUT2D eigenvalue weighted by atomic mass is 10.4. The molecule has 0 aliphatic rings. The van der Waals surface area contributed by atoms with Gasteiger partial charge in [-0.05, 0) is 12.1 Å². The molecule has 6 nitrogen and oxygen atoms in total. The molecule has 0 unspecified atom stereocenters. The molecular formula is C8H11N3O3. The van der Waals surface area contributed by atoms with Crippen molar-refractivity contribution < 1.29 is 14.7 Å². The Morgan fingerprint density at radius 3 is 2.64 bits per heavy atom. The summed E-state index contributed by atoms with van der Waals surface area (Å²) in [7, 11) is 1.61. The van der Waals surface area contributed by atoms with Crippen molar-refractivity contribution in [2.24, 2.45) is 12.8 Å². The molecule has 1 heterocycles. The predicted molar refractivity (Wildman–Crippen MR) is 48.8 cm³/mol. The van der Waals surface area contributed by atoms with Crippen molar-refractivity contribution in [1.82, 2.24) is 9.88 Å². The Balaban J connectivity index is 2.79. The molecule has 1 rings (SSSR count). The van der Waals surface area contributed by atoms with E-state index in [4.69, 9.17) is 10.8 Å². The Morgan fingerprint density at radius 2 is 2.21 bits per heavy atom. The number of aromatic nitrogens is 1. The van der Waals surface area contributed by atoms with Gasteiger partial charge in [-0.25, -0.2) is 9.59 Å². The van der Waals surface area contributed by atoms with Crippen LogP contribution in [0, 0.1) is 0 Å². The smallest absolute Gasteiger partial charge is 0.352 e. The second-order valence-electron chi connectivity index (χ2n) is 2.79. The number of rotatable bonds is 3. The third-order valence-electron chi connectivity index (χ3n) is 1.89. The van der Waals surface area contributed by atoms with Gasteiger partial charge in [-0.15, -0.1) is 0 Å². The molecule has 0 aliphatic carbocycles. The third-order valence-corrected chi connectivity index (χ3v) is 1.89. The fourth-order valence-electron chi connectivity index (χ4n) is 1.12. The van der Waals surface area contributed by atoms with Gasteiger partial charge in [0.15, 0.2) is 0 Å². The van der Waals surface area contributed by atoms with E-state index in [0.717, 1.165) is 0 Å². The van der Waals surface area contributed by atoms with E-state index >= 15 is 0 Å². The van der Waals surface area contributed by atoms with Gasteiger partial charge in [0.1, 0.15) is 5.69 Å². The number of amides is 2. The maximum absolute atomic E-state index is 10.6. The topological polar surface area (TPSA) is 97.4 Å². The Morgan fingerprint density at radius 1 is 1.57 bits per heavy atom. The van der Waals surface area contributed by atoms with Gasteiger partial charge >= 0.3 is 12.0 Å². The first-order valence-electron chi connectivity index (χ1n) is 3.93. The van der Waals surface area contributed by atoms with Crippen molar-refractivity contribution in [3.05, 3.63) is 23.5 Å². The molecular weight excluding hydrogens is 186 g/mol. The summed E-state index contributed by atoms with van der Waals surface area (Å²) in [6.07, 6.45) is 0. The number of carboxylic acid groups (broad SMARTS) is 1. The van der Waals surface area contributed by atoms with E-state index in [1.807, 2.05) is 0 Å². The largest absolute Gasteiger partial charge is 0.477 e. The van der Waals surface area contributed by atoms with E-state index in [1.165, 1.54) is 10.6 Å². The van der Waals surface area contributed by atoms with E-state index in [1.54, 1.807) is 13.1 Å². The minimum absolute atomic E-state index is 0.172. The highest BCUT2D eigenvalue weighted by Gasteiger charge is 2.10. The van der Waals surface area contributed by atoms with Crippen LogP contribution in [0.3, 0.4) is 0 Å². The molecule has 14 heavy (non-hydrogen) atoms. The molecule has 4 N–H and O–H groups in total. The van der Waals surface area contributed by atoms with Gasteiger partial charge in [0.2, 0.25) is 0 Å². The third kappa shape index (κ3) is 2.03. The van der Waals surface area contributed by atoms with E-state index in [-0.39, 0.29) is 12.2 Å². The van der Waals surface area contributed by atoms with Crippen LogP contribution < -0.4 is 11.1 Å². The molecule has 1 aromatic heterocycles. The summed E-state index contributed by atoms with van der Waals surface area (Å²) in [5, 5.41) is 11.1. The van der Waals surface area contributed by atoms with E-state index < -0.39 is 12.0 Å². The molecule has 0 saturated heterocycles. The first-order valence-corrected chi connectivity index (χ1v) is 3.93. The lowest BCUT2D eigenvalue weighted by Gasteiger charge is -2.04. The Labute approximate surface area is 80.3 Å². The van der Waals surface area contributed by atoms with Crippen LogP contribution in [0.25, 0.3) is 0 Å². The molecule has 0 spiro atoms. The summed E-state index contributed by atoms with van der Waals surface area (Å²) in [6, 6.07) is 2.46. The highest BCUT2D eigenvalue weighted by Crippen LogP contribution is 2.06. The summed E-state index contributed by atoms with van der Waals surface area (Å²) in [6.45, 7) is 0.221. The molecule has 6 heteroatoms. The second kappa shape index (κ2) is 3.82. The first-order chi connectivity index (χ1) is 6.52. The van der Waals surface area contributed by atoms with Gasteiger partial charge < -0.3 is 20.7 Å². The van der Waals surface area contributed by atoms with Gasteiger partial charge in [-0.2, -0.15) is 0 Å². The van der Waals surface area contributed by atoms with Crippen molar-refractivity contribution in [3.8, 4) is 0 Å². The summed E-state index contributed by atoms with van der Waals surface area (Å²) >= 11 is 0. The van der Waals surface area contributed by atoms with E-state index in [2.05, 4.69) is 5.32 Å². The SMILES string of the molecule is Cn1c(CNC(N)=O)ccc1C(=O)O. The molecule has 0 atom stereocenters. The van der Waals surface area contributed by atoms with Crippen LogP contribution in [0.2, 0.25) is 0 Å². The molecule has 1 aromatic rings. The lowest BCUT2D eigenvalue weighted by molar-refractivity contribution is 0.0686. The standard InChI is InChI=1S/C8H11N3O3/c1-11-5(4-10-8(9)14)2-3-6(11)7(12)13/h2-3H,4H2,1H3,(H,12,13)(H3,9,10,14). The fourth-order valence-corrected chi connectivity index (χ4v) is 1.12. The molecule has 0 aliphatic heterocycles. The van der Waals surface area contributed by atoms with E-state index in [0.29, 0.717) is 5.69 Å². The molecule has 0 aromatic carbocycles. The number of urea groups is 1. The number of carbonyl (C=O) groups is 2. The normalized spacial score (nSPS) is 9.79. The highest BCUT2D eigenvalue weighted by atomic mass is 16.4. The van der Waals surface area contributed by atoms with Crippen molar-refractivity contribution >= 4 is 12.0 Å². The fraction of sp³-hybridized carbons (Fsp3) is 0.250. The van der Waals surface area contributed by atoms with Crippen LogP contribution in [0.5, 0.6) is 0 Å². The van der Waals surface area contributed by atoms with Crippen LogP contribution in [-0.2, 0) is 13.6 Å². The zero-order valence-electron chi connectivity index (χ0n) is 7.65. The Hall–Kier alpha value is -1.98. The molecule has 0 bridgehead atoms. The molecule has 0 fully saturated rings. The molecule has 0 saturated carbocycles. The second-order valence-corrected chi connectivity index (χ2v) is 2.79. The first kappa shape index (κ1) is 10.1. The summed E-state index contributed by atoms with van der Waals surface area (Å²) in [5.74, 6) is -1.00. The number of nitrogens with one attached hydrogen (secondary N) is 1. The predicted octanol–water partition coefficient (Wildman–Crippen LogP) is -0.108. The van der Waals surface area contributed by atoms with Gasteiger partial charge in [-0.1, -0.05) is 0 Å². The highest BCUT2D eigenvalue weighted by molar-refractivity contribution is 5.86. The quantitative estimate of drug-likeness (QED) is 0.630. The van der Waals surface area contributed by atoms with Gasteiger partial charge in [0.25, 0.3) is 0 Å². The minimum atomic E-state index is -1.00. The number of hydrogen-bond acceptors (Lipinski definition) is 2. The number of aromatic carboxylic acids is 1. The maximum atomic E-state index is 10.6. The number of primary amides is 1. The monoisotopic (exact) mass is 197 g/mol. The molecule has 2 amide bonds. The zero-order valence-corrected chi connectivity index (χ0v) is 7.65. The summed E-state index contributed by atoms with van der Waals surface area (Å²) in [5.41, 5.74) is 5.74. The van der Waals surface area contributed by atoms with Crippen LogP contribution >= 0.6 is 0 Å². The zero-order chi connectivity index (χ0) is 10.7. The number of hydrogen-bond donors (Lipinski definition) is 3. The van der Waals surface area contributed by atoms with Crippen molar-refractivity contribution in [2.75, 3.05) is 0 Å². The van der Waals surface area contributed by atoms with Gasteiger partial charge in [-0.3, -0.25) is 0 Å². The number of nitrogens with zero attached hydrogens (tertiary/aromatic N) is 1. The van der Waals surface area contributed by atoms with Gasteiger partial charge in [0.05, 0.1) is 6.54 Å². The Kier molecular flexibility index (Phi) is 2.76. The molecule has 0 radical (unpaired) electrons.